The van der Waals surface area contributed by atoms with E-state index < -0.39 is 4.92 Å². The van der Waals surface area contributed by atoms with Gasteiger partial charge in [-0.1, -0.05) is 13.8 Å². The van der Waals surface area contributed by atoms with Gasteiger partial charge in [0, 0.05) is 30.5 Å². The maximum Gasteiger partial charge on any atom is 0.270 e. The van der Waals surface area contributed by atoms with Crippen molar-refractivity contribution in [1.29, 1.82) is 0 Å². The zero-order valence-corrected chi connectivity index (χ0v) is 12.2. The third-order valence-corrected chi connectivity index (χ3v) is 3.09. The number of ether oxygens (including phenoxy) is 1. The van der Waals surface area contributed by atoms with E-state index in [0.717, 1.165) is 19.6 Å². The van der Waals surface area contributed by atoms with Crippen molar-refractivity contribution < 1.29 is 9.66 Å². The average molecular weight is 279 g/mol. The second-order valence-electron chi connectivity index (χ2n) is 4.25. The predicted molar refractivity (Wildman–Crippen MR) is 79.9 cm³/mol. The molecule has 6 heteroatoms. The largest absolute Gasteiger partial charge is 0.496 e. The Labute approximate surface area is 119 Å². The van der Waals surface area contributed by atoms with Gasteiger partial charge in [0.25, 0.3) is 5.69 Å². The summed E-state index contributed by atoms with van der Waals surface area (Å²) >= 11 is 0. The summed E-state index contributed by atoms with van der Waals surface area (Å²) in [5, 5.41) is 10.8. The molecule has 0 saturated carbocycles. The van der Waals surface area contributed by atoms with Crippen LogP contribution in [0.25, 0.3) is 0 Å². The topological polar surface area (TPSA) is 68.0 Å². The number of aliphatic imine (C=N–C) groups is 1. The first kappa shape index (κ1) is 16.1. The lowest BCUT2D eigenvalue weighted by Crippen LogP contribution is -2.25. The molecule has 0 spiro atoms. The maximum atomic E-state index is 10.8. The molecule has 0 amide bonds. The molecule has 110 valence electrons. The number of benzene rings is 1. The molecule has 0 aliphatic heterocycles. The van der Waals surface area contributed by atoms with Crippen molar-refractivity contribution in [3.8, 4) is 5.75 Å². The summed E-state index contributed by atoms with van der Waals surface area (Å²) in [5.41, 5.74) is 0.664. The number of likely N-dealkylation sites (N-methyl/N-ethyl adjacent to an activating group) is 1. The van der Waals surface area contributed by atoms with Crippen molar-refractivity contribution in [1.82, 2.24) is 4.90 Å². The molecule has 0 N–H and O–H groups in total. The van der Waals surface area contributed by atoms with Crippen LogP contribution in [-0.4, -0.2) is 49.3 Å². The third-order valence-electron chi connectivity index (χ3n) is 3.09. The van der Waals surface area contributed by atoms with Crippen LogP contribution >= 0.6 is 0 Å². The monoisotopic (exact) mass is 279 g/mol. The first-order chi connectivity index (χ1) is 9.62. The van der Waals surface area contributed by atoms with Crippen LogP contribution in [0.4, 0.5) is 5.69 Å². The minimum atomic E-state index is -0.424. The summed E-state index contributed by atoms with van der Waals surface area (Å²) in [6.07, 6.45) is 1.63. The predicted octanol–water partition coefficient (Wildman–Crippen LogP) is 2.36. The molecule has 1 aromatic rings. The summed E-state index contributed by atoms with van der Waals surface area (Å²) in [6.45, 7) is 7.74. The Bertz CT molecular complexity index is 471. The van der Waals surface area contributed by atoms with Gasteiger partial charge in [0.1, 0.15) is 5.75 Å². The highest BCUT2D eigenvalue weighted by atomic mass is 16.6. The van der Waals surface area contributed by atoms with Crippen molar-refractivity contribution in [3.63, 3.8) is 0 Å². The van der Waals surface area contributed by atoms with Gasteiger partial charge in [-0.2, -0.15) is 0 Å². The molecular formula is C14H21N3O3. The third kappa shape index (κ3) is 4.62. The van der Waals surface area contributed by atoms with Gasteiger partial charge in [-0.3, -0.25) is 15.1 Å². The van der Waals surface area contributed by atoms with Gasteiger partial charge in [0.05, 0.1) is 18.6 Å². The fourth-order valence-electron chi connectivity index (χ4n) is 1.84. The fraction of sp³-hybridized carbons (Fsp3) is 0.500. The minimum Gasteiger partial charge on any atom is -0.496 e. The molecule has 0 heterocycles. The Kier molecular flexibility index (Phi) is 6.66. The smallest absolute Gasteiger partial charge is 0.270 e. The van der Waals surface area contributed by atoms with E-state index in [1.54, 1.807) is 12.3 Å². The van der Waals surface area contributed by atoms with Crippen molar-refractivity contribution in [2.45, 2.75) is 13.8 Å². The zero-order chi connectivity index (χ0) is 15.0. The Hall–Kier alpha value is -1.95. The van der Waals surface area contributed by atoms with E-state index in [1.165, 1.54) is 19.2 Å². The molecule has 1 rings (SSSR count). The molecule has 0 atom stereocenters. The van der Waals surface area contributed by atoms with E-state index in [-0.39, 0.29) is 5.69 Å². The number of nitrogens with zero attached hydrogens (tertiary/aromatic N) is 3. The van der Waals surface area contributed by atoms with Crippen LogP contribution < -0.4 is 4.74 Å². The molecular weight excluding hydrogens is 258 g/mol. The van der Waals surface area contributed by atoms with E-state index in [0.29, 0.717) is 17.9 Å². The van der Waals surface area contributed by atoms with Crippen molar-refractivity contribution >= 4 is 11.9 Å². The molecule has 0 radical (unpaired) electrons. The number of nitro benzene ring substituents is 1. The molecule has 20 heavy (non-hydrogen) atoms. The Morgan fingerprint density at radius 1 is 1.40 bits per heavy atom. The van der Waals surface area contributed by atoms with E-state index in [4.69, 9.17) is 4.74 Å². The Morgan fingerprint density at radius 3 is 2.65 bits per heavy atom. The standard InChI is InChI=1S/C14H21N3O3/c1-4-16(5-2)9-8-15-11-12-10-13(17(18)19)6-7-14(12)20-3/h6-7,10-11H,4-5,8-9H2,1-3H3. The van der Waals surface area contributed by atoms with Gasteiger partial charge in [0.15, 0.2) is 0 Å². The van der Waals surface area contributed by atoms with Crippen molar-refractivity contribution in [3.05, 3.63) is 33.9 Å². The van der Waals surface area contributed by atoms with Gasteiger partial charge in [-0.05, 0) is 19.2 Å². The molecule has 0 aliphatic carbocycles. The second-order valence-corrected chi connectivity index (χ2v) is 4.25. The molecule has 0 bridgehead atoms. The number of hydrogen-bond donors (Lipinski definition) is 0. The fourth-order valence-corrected chi connectivity index (χ4v) is 1.84. The number of nitro groups is 1. The Morgan fingerprint density at radius 2 is 2.10 bits per heavy atom. The van der Waals surface area contributed by atoms with Gasteiger partial charge in [-0.15, -0.1) is 0 Å². The van der Waals surface area contributed by atoms with Crippen molar-refractivity contribution in [2.75, 3.05) is 33.3 Å². The van der Waals surface area contributed by atoms with Crippen LogP contribution in [0, 0.1) is 10.1 Å². The molecule has 6 nitrogen and oxygen atoms in total. The first-order valence-corrected chi connectivity index (χ1v) is 6.67. The van der Waals surface area contributed by atoms with Crippen LogP contribution in [0.2, 0.25) is 0 Å². The molecule has 0 unspecified atom stereocenters. The van der Waals surface area contributed by atoms with Gasteiger partial charge < -0.3 is 9.64 Å². The number of rotatable bonds is 8. The van der Waals surface area contributed by atoms with Gasteiger partial charge in [0.2, 0.25) is 0 Å². The highest BCUT2D eigenvalue weighted by Crippen LogP contribution is 2.22. The summed E-state index contributed by atoms with van der Waals surface area (Å²) in [4.78, 5) is 16.9. The van der Waals surface area contributed by atoms with E-state index in [2.05, 4.69) is 23.7 Å². The molecule has 0 fully saturated rings. The lowest BCUT2D eigenvalue weighted by Gasteiger charge is -2.15. The second kappa shape index (κ2) is 8.27. The van der Waals surface area contributed by atoms with E-state index in [9.17, 15) is 10.1 Å². The average Bonchev–Trinajstić information content (AvgIpc) is 2.47. The molecule has 0 saturated heterocycles. The molecule has 0 aliphatic rings. The number of non-ortho nitro benzene ring substituents is 1. The van der Waals surface area contributed by atoms with Crippen LogP contribution in [-0.2, 0) is 0 Å². The zero-order valence-electron chi connectivity index (χ0n) is 12.2. The van der Waals surface area contributed by atoms with Gasteiger partial charge >= 0.3 is 0 Å². The number of methoxy groups -OCH3 is 1. The van der Waals surface area contributed by atoms with Crippen LogP contribution in [0.15, 0.2) is 23.2 Å². The van der Waals surface area contributed by atoms with Crippen molar-refractivity contribution in [2.24, 2.45) is 4.99 Å². The summed E-state index contributed by atoms with van der Waals surface area (Å²) in [7, 11) is 1.54. The first-order valence-electron chi connectivity index (χ1n) is 6.67. The maximum absolute atomic E-state index is 10.8. The van der Waals surface area contributed by atoms with Crippen LogP contribution in [0.3, 0.4) is 0 Å². The molecule has 0 aromatic heterocycles. The summed E-state index contributed by atoms with van der Waals surface area (Å²) in [6, 6.07) is 4.48. The Balaban J connectivity index is 2.74. The molecule has 1 aromatic carbocycles. The number of hydrogen-bond acceptors (Lipinski definition) is 5. The van der Waals surface area contributed by atoms with Crippen LogP contribution in [0.1, 0.15) is 19.4 Å². The van der Waals surface area contributed by atoms with E-state index >= 15 is 0 Å². The quantitative estimate of drug-likeness (QED) is 0.416. The van der Waals surface area contributed by atoms with E-state index in [1.807, 2.05) is 0 Å². The lowest BCUT2D eigenvalue weighted by atomic mass is 10.2. The highest BCUT2D eigenvalue weighted by Gasteiger charge is 2.09. The SMILES string of the molecule is CCN(CC)CCN=Cc1cc([N+](=O)[O-])ccc1OC. The lowest BCUT2D eigenvalue weighted by molar-refractivity contribution is -0.384. The highest BCUT2D eigenvalue weighted by molar-refractivity contribution is 5.84. The van der Waals surface area contributed by atoms with Gasteiger partial charge in [-0.25, -0.2) is 0 Å². The summed E-state index contributed by atoms with van der Waals surface area (Å²) in [5.74, 6) is 0.585. The summed E-state index contributed by atoms with van der Waals surface area (Å²) < 4.78 is 5.18. The normalized spacial score (nSPS) is 11.2. The minimum absolute atomic E-state index is 0.0380. The van der Waals surface area contributed by atoms with Crippen LogP contribution in [0.5, 0.6) is 5.75 Å².